The molecular weight excluding hydrogens is 278 g/mol. The molecule has 120 valence electrons. The van der Waals surface area contributed by atoms with Crippen molar-refractivity contribution >= 4 is 14.0 Å². The van der Waals surface area contributed by atoms with Gasteiger partial charge in [0.1, 0.15) is 7.11 Å². The van der Waals surface area contributed by atoms with Crippen LogP contribution < -0.4 is 0 Å². The van der Waals surface area contributed by atoms with Gasteiger partial charge in [-0.2, -0.15) is 0 Å². The highest BCUT2D eigenvalue weighted by Crippen LogP contribution is 2.57. The lowest BCUT2D eigenvalue weighted by Crippen LogP contribution is -2.60. The maximum atomic E-state index is 6.97. The Morgan fingerprint density at radius 2 is 1.67 bits per heavy atom. The first-order chi connectivity index (χ1) is 9.66. The van der Waals surface area contributed by atoms with Crippen molar-refractivity contribution in [2.24, 2.45) is 22.9 Å². The lowest BCUT2D eigenvalue weighted by atomic mass is 9.53. The summed E-state index contributed by atoms with van der Waals surface area (Å²) < 4.78 is 6.97. The van der Waals surface area contributed by atoms with Crippen LogP contribution in [0.25, 0.3) is 0 Å². The maximum Gasteiger partial charge on any atom is 0.192 e. The van der Waals surface area contributed by atoms with Gasteiger partial charge >= 0.3 is 0 Å². The second kappa shape index (κ2) is 4.82. The zero-order valence-corrected chi connectivity index (χ0v) is 15.5. The molecule has 2 atom stereocenters. The van der Waals surface area contributed by atoms with Crippen LogP contribution in [0.3, 0.4) is 0 Å². The molecule has 4 heteroatoms. The van der Waals surface area contributed by atoms with Crippen molar-refractivity contribution in [1.82, 2.24) is 0 Å². The first-order valence-electron chi connectivity index (χ1n) is 8.47. The molecule has 0 heterocycles. The lowest BCUT2D eigenvalue weighted by Gasteiger charge is -2.59. The Bertz CT molecular complexity index is 434. The molecule has 4 saturated carbocycles. The predicted octanol–water partition coefficient (Wildman–Crippen LogP) is 4.59. The van der Waals surface area contributed by atoms with Crippen LogP contribution in [0.5, 0.6) is 0 Å². The predicted molar refractivity (Wildman–Crippen MR) is 89.0 cm³/mol. The molecule has 3 nitrogen and oxygen atoms in total. The number of rotatable bonds is 3. The van der Waals surface area contributed by atoms with Crippen LogP contribution in [0.2, 0.25) is 18.1 Å². The second-order valence-electron chi connectivity index (χ2n) is 9.09. The summed E-state index contributed by atoms with van der Waals surface area (Å²) in [4.78, 5) is 5.11. The molecule has 0 spiro atoms. The van der Waals surface area contributed by atoms with Gasteiger partial charge in [0, 0.05) is 11.8 Å². The van der Waals surface area contributed by atoms with Gasteiger partial charge in [0.15, 0.2) is 8.32 Å². The number of hydrogen-bond acceptors (Lipinski definition) is 3. The van der Waals surface area contributed by atoms with Crippen LogP contribution in [-0.4, -0.2) is 26.7 Å². The van der Waals surface area contributed by atoms with Gasteiger partial charge in [-0.3, -0.25) is 0 Å². The van der Waals surface area contributed by atoms with Crippen molar-refractivity contribution in [2.45, 2.75) is 76.6 Å². The summed E-state index contributed by atoms with van der Waals surface area (Å²) in [6.45, 7) is 11.8. The highest BCUT2D eigenvalue weighted by Gasteiger charge is 2.57. The fraction of sp³-hybridized carbons (Fsp3) is 0.941. The minimum absolute atomic E-state index is 0.145. The Hall–Kier alpha value is -0.353. The quantitative estimate of drug-likeness (QED) is 0.564. The molecule has 0 aromatic heterocycles. The second-order valence-corrected chi connectivity index (χ2v) is 13.8. The van der Waals surface area contributed by atoms with Gasteiger partial charge in [-0.1, -0.05) is 25.9 Å². The fourth-order valence-electron chi connectivity index (χ4n) is 4.77. The number of nitrogens with zero attached hydrogens (tertiary/aromatic N) is 1. The van der Waals surface area contributed by atoms with E-state index in [1.54, 1.807) is 7.11 Å². The lowest BCUT2D eigenvalue weighted by molar-refractivity contribution is -0.0731. The van der Waals surface area contributed by atoms with E-state index in [1.807, 2.05) is 0 Å². The van der Waals surface area contributed by atoms with E-state index in [0.29, 0.717) is 16.9 Å². The van der Waals surface area contributed by atoms with Crippen molar-refractivity contribution in [2.75, 3.05) is 7.11 Å². The number of hydrogen-bond donors (Lipinski definition) is 0. The summed E-state index contributed by atoms with van der Waals surface area (Å²) in [5, 5.41) is 4.66. The molecule has 4 bridgehead atoms. The van der Waals surface area contributed by atoms with Gasteiger partial charge in [-0.25, -0.2) is 0 Å². The topological polar surface area (TPSA) is 30.8 Å². The zero-order chi connectivity index (χ0) is 15.5. The fourth-order valence-corrected chi connectivity index (χ4v) is 6.41. The molecule has 4 rings (SSSR count). The first-order valence-corrected chi connectivity index (χ1v) is 11.4. The summed E-state index contributed by atoms with van der Waals surface area (Å²) in [7, 11) is -0.0215. The zero-order valence-electron chi connectivity index (χ0n) is 14.5. The van der Waals surface area contributed by atoms with E-state index in [4.69, 9.17) is 9.26 Å². The Labute approximate surface area is 130 Å². The molecule has 0 aliphatic heterocycles. The van der Waals surface area contributed by atoms with Crippen molar-refractivity contribution in [3.63, 3.8) is 0 Å². The Morgan fingerprint density at radius 3 is 2.14 bits per heavy atom. The largest absolute Gasteiger partial charge is 0.411 e. The molecule has 0 aromatic rings. The van der Waals surface area contributed by atoms with Crippen LogP contribution >= 0.6 is 0 Å². The normalized spacial score (nSPS) is 38.8. The van der Waals surface area contributed by atoms with Crippen LogP contribution in [0.4, 0.5) is 0 Å². The molecule has 0 aromatic carbocycles. The molecule has 4 fully saturated rings. The van der Waals surface area contributed by atoms with Gasteiger partial charge in [-0.15, -0.1) is 0 Å². The minimum atomic E-state index is -1.70. The average molecular weight is 310 g/mol. The molecule has 2 unspecified atom stereocenters. The Morgan fingerprint density at radius 1 is 1.10 bits per heavy atom. The summed E-state index contributed by atoms with van der Waals surface area (Å²) in [5.41, 5.74) is 1.48. The highest BCUT2D eigenvalue weighted by atomic mass is 28.4. The standard InChI is InChI=1S/C17H31NO2Si/c1-16(2,3)21(5,6)20-17-9-12-7-13(10-17)15(18-19-4)14(8-12)11-17/h12-14H,7-11H2,1-6H3. The molecule has 0 radical (unpaired) electrons. The third-order valence-corrected chi connectivity index (χ3v) is 11.0. The monoisotopic (exact) mass is 309 g/mol. The molecule has 0 amide bonds. The average Bonchev–Trinajstić information content (AvgIpc) is 2.30. The Balaban J connectivity index is 1.84. The van der Waals surface area contributed by atoms with Crippen molar-refractivity contribution in [3.05, 3.63) is 0 Å². The minimum Gasteiger partial charge on any atom is -0.411 e. The first kappa shape index (κ1) is 15.5. The molecule has 21 heavy (non-hydrogen) atoms. The summed E-state index contributed by atoms with van der Waals surface area (Å²) in [6, 6.07) is 0. The van der Waals surface area contributed by atoms with E-state index in [1.165, 1.54) is 37.8 Å². The van der Waals surface area contributed by atoms with Gasteiger partial charge in [0.05, 0.1) is 11.3 Å². The summed E-state index contributed by atoms with van der Waals surface area (Å²) in [5.74, 6) is 2.07. The summed E-state index contributed by atoms with van der Waals surface area (Å²) >= 11 is 0. The van der Waals surface area contributed by atoms with Gasteiger partial charge < -0.3 is 9.26 Å². The maximum absolute atomic E-state index is 6.97. The van der Waals surface area contributed by atoms with E-state index in [9.17, 15) is 0 Å². The van der Waals surface area contributed by atoms with Crippen LogP contribution in [0.1, 0.15) is 52.9 Å². The van der Waals surface area contributed by atoms with E-state index in [2.05, 4.69) is 39.0 Å². The molecular formula is C17H31NO2Si. The van der Waals surface area contributed by atoms with Crippen LogP contribution in [0, 0.1) is 17.8 Å². The number of oxime groups is 1. The van der Waals surface area contributed by atoms with E-state index < -0.39 is 8.32 Å². The van der Waals surface area contributed by atoms with Gasteiger partial charge in [-0.05, 0) is 56.2 Å². The Kier molecular flexibility index (Phi) is 3.57. The molecule has 0 N–H and O–H groups in total. The summed E-state index contributed by atoms with van der Waals surface area (Å²) in [6.07, 6.45) is 6.25. The third kappa shape index (κ3) is 2.59. The smallest absolute Gasteiger partial charge is 0.192 e. The van der Waals surface area contributed by atoms with Crippen LogP contribution in [0.15, 0.2) is 5.16 Å². The van der Waals surface area contributed by atoms with Crippen LogP contribution in [-0.2, 0) is 9.26 Å². The van der Waals surface area contributed by atoms with E-state index >= 15 is 0 Å². The van der Waals surface area contributed by atoms with Crippen molar-refractivity contribution < 1.29 is 9.26 Å². The molecule has 4 aliphatic carbocycles. The van der Waals surface area contributed by atoms with E-state index in [-0.39, 0.29) is 5.60 Å². The van der Waals surface area contributed by atoms with Gasteiger partial charge in [0.2, 0.25) is 0 Å². The van der Waals surface area contributed by atoms with Gasteiger partial charge in [0.25, 0.3) is 0 Å². The molecule has 4 aliphatic rings. The SMILES string of the molecule is CON=C1C2CC3CC1CC(O[Si](C)(C)C(C)(C)C)(C3)C2. The van der Waals surface area contributed by atoms with E-state index in [0.717, 1.165) is 5.92 Å². The highest BCUT2D eigenvalue weighted by molar-refractivity contribution is 6.74. The third-order valence-electron chi connectivity index (χ3n) is 6.44. The van der Waals surface area contributed by atoms with Crippen molar-refractivity contribution in [3.8, 4) is 0 Å². The molecule has 0 saturated heterocycles. The van der Waals surface area contributed by atoms with Crippen molar-refractivity contribution in [1.29, 1.82) is 0 Å².